The van der Waals surface area contributed by atoms with Crippen molar-refractivity contribution in [2.24, 2.45) is 17.3 Å². The number of fused-ring (bicyclic) bond motifs is 1. The van der Waals surface area contributed by atoms with Gasteiger partial charge in [0.2, 0.25) is 0 Å². The molecule has 154 valence electrons. The van der Waals surface area contributed by atoms with Crippen LogP contribution < -0.4 is 0 Å². The van der Waals surface area contributed by atoms with Crippen molar-refractivity contribution in [2.45, 2.75) is 96.7 Å². The van der Waals surface area contributed by atoms with E-state index < -0.39 is 5.60 Å². The Labute approximate surface area is 171 Å². The lowest BCUT2D eigenvalue weighted by Gasteiger charge is -2.42. The topological polar surface area (TPSA) is 40.5 Å². The van der Waals surface area contributed by atoms with Gasteiger partial charge in [-0.25, -0.2) is 0 Å². The molecule has 0 bridgehead atoms. The van der Waals surface area contributed by atoms with Crippen molar-refractivity contribution in [1.29, 1.82) is 0 Å². The molecule has 0 aromatic heterocycles. The van der Waals surface area contributed by atoms with Crippen LogP contribution in [0.1, 0.15) is 85.0 Å². The van der Waals surface area contributed by atoms with E-state index in [0.29, 0.717) is 11.3 Å². The zero-order chi connectivity index (χ0) is 20.4. The summed E-state index contributed by atoms with van der Waals surface area (Å²) in [7, 11) is 0. The highest BCUT2D eigenvalue weighted by Crippen LogP contribution is 2.58. The standard InChI is InChI=1S/C26H38O2/c1-19-20(9-7-12-24(19)27)13-14-21-10-8-18-26(4)22(15-16-23(21)26)11-5-6-17-25(2,3)28/h13-14,22-24,27-28H,1,5,7-12,15-16,18H2,2-4H3/b20-13-,21-14+. The molecule has 0 heterocycles. The summed E-state index contributed by atoms with van der Waals surface area (Å²) in [6.07, 6.45) is 15.7. The minimum Gasteiger partial charge on any atom is -0.388 e. The summed E-state index contributed by atoms with van der Waals surface area (Å²) in [5.74, 6) is 7.58. The molecule has 2 nitrogen and oxygen atoms in total. The fraction of sp³-hybridized carbons (Fsp3) is 0.692. The Bertz CT molecular complexity index is 709. The molecule has 0 aliphatic heterocycles. The zero-order valence-electron chi connectivity index (χ0n) is 18.1. The molecule has 3 aliphatic rings. The van der Waals surface area contributed by atoms with E-state index in [2.05, 4.69) is 37.5 Å². The summed E-state index contributed by atoms with van der Waals surface area (Å²) in [6, 6.07) is 0. The summed E-state index contributed by atoms with van der Waals surface area (Å²) in [4.78, 5) is 0. The van der Waals surface area contributed by atoms with Gasteiger partial charge in [0.1, 0.15) is 5.60 Å². The van der Waals surface area contributed by atoms with Crippen LogP contribution in [0.4, 0.5) is 0 Å². The first kappa shape index (κ1) is 21.4. The quantitative estimate of drug-likeness (QED) is 0.614. The maximum absolute atomic E-state index is 10.1. The molecule has 2 N–H and O–H groups in total. The van der Waals surface area contributed by atoms with Crippen LogP contribution in [0.3, 0.4) is 0 Å². The molecule has 0 radical (unpaired) electrons. The third kappa shape index (κ3) is 4.81. The van der Waals surface area contributed by atoms with Gasteiger partial charge in [-0.2, -0.15) is 0 Å². The van der Waals surface area contributed by atoms with Crippen LogP contribution in [0.15, 0.2) is 35.5 Å². The van der Waals surface area contributed by atoms with Crippen molar-refractivity contribution in [3.05, 3.63) is 35.5 Å². The Morgan fingerprint density at radius 2 is 1.96 bits per heavy atom. The molecular weight excluding hydrogens is 344 g/mol. The monoisotopic (exact) mass is 382 g/mol. The summed E-state index contributed by atoms with van der Waals surface area (Å²) in [6.45, 7) is 10.1. The average Bonchev–Trinajstić information content (AvgIpc) is 2.96. The van der Waals surface area contributed by atoms with E-state index in [0.717, 1.165) is 43.6 Å². The van der Waals surface area contributed by atoms with Crippen LogP contribution in [-0.2, 0) is 0 Å². The third-order valence-electron chi connectivity index (χ3n) is 7.41. The van der Waals surface area contributed by atoms with Gasteiger partial charge in [-0.1, -0.05) is 37.1 Å². The van der Waals surface area contributed by atoms with E-state index in [9.17, 15) is 10.2 Å². The van der Waals surface area contributed by atoms with Crippen LogP contribution >= 0.6 is 0 Å². The Kier molecular flexibility index (Phi) is 6.58. The summed E-state index contributed by atoms with van der Waals surface area (Å²) >= 11 is 0. The predicted molar refractivity (Wildman–Crippen MR) is 117 cm³/mol. The molecule has 3 saturated carbocycles. The molecule has 0 amide bonds. The molecule has 0 spiro atoms. The number of hydrogen-bond acceptors (Lipinski definition) is 2. The normalized spacial score (nSPS) is 36.3. The highest BCUT2D eigenvalue weighted by atomic mass is 16.3. The summed E-state index contributed by atoms with van der Waals surface area (Å²) in [5, 5.41) is 19.9. The van der Waals surface area contributed by atoms with Gasteiger partial charge in [-0.05, 0) is 100 Å². The minimum absolute atomic E-state index is 0.351. The largest absolute Gasteiger partial charge is 0.388 e. The average molecular weight is 383 g/mol. The number of allylic oxidation sites excluding steroid dienone is 3. The summed E-state index contributed by atoms with van der Waals surface area (Å²) < 4.78 is 0. The lowest BCUT2D eigenvalue weighted by molar-refractivity contribution is 0.130. The second-order valence-corrected chi connectivity index (χ2v) is 9.95. The molecule has 2 heteroatoms. The lowest BCUT2D eigenvalue weighted by atomic mass is 9.62. The van der Waals surface area contributed by atoms with Gasteiger partial charge in [-0.15, -0.1) is 5.92 Å². The van der Waals surface area contributed by atoms with Gasteiger partial charge >= 0.3 is 0 Å². The highest BCUT2D eigenvalue weighted by Gasteiger charge is 2.48. The predicted octanol–water partition coefficient (Wildman–Crippen LogP) is 5.71. The molecule has 3 fully saturated rings. The van der Waals surface area contributed by atoms with Gasteiger partial charge in [0.15, 0.2) is 0 Å². The number of hydrogen-bond donors (Lipinski definition) is 2. The minimum atomic E-state index is -0.882. The van der Waals surface area contributed by atoms with Crippen LogP contribution in [0.25, 0.3) is 0 Å². The van der Waals surface area contributed by atoms with Gasteiger partial charge in [0.05, 0.1) is 6.10 Å². The molecular formula is C26H38O2. The van der Waals surface area contributed by atoms with Crippen LogP contribution in [0.2, 0.25) is 0 Å². The van der Waals surface area contributed by atoms with Crippen molar-refractivity contribution < 1.29 is 10.2 Å². The van der Waals surface area contributed by atoms with Crippen LogP contribution in [0, 0.1) is 29.1 Å². The summed E-state index contributed by atoms with van der Waals surface area (Å²) in [5.41, 5.74) is 3.29. The number of aliphatic hydroxyl groups excluding tert-OH is 1. The molecule has 28 heavy (non-hydrogen) atoms. The fourth-order valence-electron chi connectivity index (χ4n) is 5.78. The lowest BCUT2D eigenvalue weighted by Crippen LogP contribution is -2.33. The van der Waals surface area contributed by atoms with Crippen LogP contribution in [0.5, 0.6) is 0 Å². The van der Waals surface area contributed by atoms with Crippen molar-refractivity contribution in [2.75, 3.05) is 0 Å². The first-order valence-electron chi connectivity index (χ1n) is 11.2. The molecule has 0 saturated heterocycles. The van der Waals surface area contributed by atoms with E-state index in [4.69, 9.17) is 0 Å². The molecule has 3 rings (SSSR count). The number of rotatable bonds is 3. The van der Waals surface area contributed by atoms with Crippen molar-refractivity contribution >= 4 is 0 Å². The molecule has 0 aromatic rings. The van der Waals surface area contributed by atoms with E-state index in [-0.39, 0.29) is 6.10 Å². The molecule has 3 aliphatic carbocycles. The second-order valence-electron chi connectivity index (χ2n) is 9.95. The smallest absolute Gasteiger partial charge is 0.119 e. The molecule has 0 aromatic carbocycles. The van der Waals surface area contributed by atoms with Gasteiger partial charge < -0.3 is 10.2 Å². The van der Waals surface area contributed by atoms with E-state index >= 15 is 0 Å². The fourth-order valence-corrected chi connectivity index (χ4v) is 5.78. The SMILES string of the molecule is C=C1/C(=C\C=C2/CCCC3(C)C(CCC#CC(C)(C)O)CCC23)CCCC1O. The van der Waals surface area contributed by atoms with Gasteiger partial charge in [-0.3, -0.25) is 0 Å². The van der Waals surface area contributed by atoms with Gasteiger partial charge in [0, 0.05) is 6.42 Å². The Morgan fingerprint density at radius 3 is 2.71 bits per heavy atom. The van der Waals surface area contributed by atoms with E-state index in [1.54, 1.807) is 19.4 Å². The highest BCUT2D eigenvalue weighted by molar-refractivity contribution is 5.37. The molecule has 4 unspecified atom stereocenters. The zero-order valence-corrected chi connectivity index (χ0v) is 18.1. The van der Waals surface area contributed by atoms with Crippen molar-refractivity contribution in [3.8, 4) is 11.8 Å². The maximum Gasteiger partial charge on any atom is 0.119 e. The maximum atomic E-state index is 10.1. The van der Waals surface area contributed by atoms with E-state index in [1.165, 1.54) is 37.7 Å². The third-order valence-corrected chi connectivity index (χ3v) is 7.41. The van der Waals surface area contributed by atoms with Gasteiger partial charge in [0.25, 0.3) is 0 Å². The first-order valence-corrected chi connectivity index (χ1v) is 11.2. The Hall–Kier alpha value is -1.30. The number of aliphatic hydroxyl groups is 2. The van der Waals surface area contributed by atoms with E-state index in [1.807, 2.05) is 0 Å². The van der Waals surface area contributed by atoms with Crippen molar-refractivity contribution in [3.63, 3.8) is 0 Å². The molecule has 4 atom stereocenters. The van der Waals surface area contributed by atoms with Crippen LogP contribution in [-0.4, -0.2) is 21.9 Å². The van der Waals surface area contributed by atoms with Crippen molar-refractivity contribution in [1.82, 2.24) is 0 Å². The first-order chi connectivity index (χ1) is 13.2. The second kappa shape index (κ2) is 8.60. The Morgan fingerprint density at radius 1 is 1.18 bits per heavy atom. The Balaban J connectivity index is 1.69.